The molecule has 0 aromatic carbocycles. The van der Waals surface area contributed by atoms with Crippen LogP contribution in [0.4, 0.5) is 0 Å². The molecule has 0 aromatic rings. The van der Waals surface area contributed by atoms with Crippen molar-refractivity contribution in [2.24, 2.45) is 11.3 Å². The van der Waals surface area contributed by atoms with Gasteiger partial charge in [0.15, 0.2) is 0 Å². The minimum Gasteiger partial charge on any atom is -0.378 e. The van der Waals surface area contributed by atoms with Gasteiger partial charge in [-0.25, -0.2) is 0 Å². The molecule has 0 aliphatic heterocycles. The summed E-state index contributed by atoms with van der Waals surface area (Å²) >= 11 is 3.57. The van der Waals surface area contributed by atoms with Gasteiger partial charge in [-0.05, 0) is 25.7 Å². The zero-order chi connectivity index (χ0) is 9.19. The third-order valence-corrected chi connectivity index (χ3v) is 4.21. The van der Waals surface area contributed by atoms with Crippen molar-refractivity contribution in [3.8, 4) is 0 Å². The molecule has 0 aromatic heterocycles. The topological polar surface area (TPSA) is 9.23 Å². The largest absolute Gasteiger partial charge is 0.378 e. The highest BCUT2D eigenvalue weighted by molar-refractivity contribution is 9.09. The Bertz CT molecular complexity index is 145. The van der Waals surface area contributed by atoms with Crippen LogP contribution in [0.2, 0.25) is 0 Å². The molecule has 0 spiro atoms. The summed E-state index contributed by atoms with van der Waals surface area (Å²) < 4.78 is 5.75. The van der Waals surface area contributed by atoms with Crippen LogP contribution >= 0.6 is 15.9 Å². The molecule has 3 atom stereocenters. The first-order valence-electron chi connectivity index (χ1n) is 4.82. The normalized spacial score (nSPS) is 36.5. The van der Waals surface area contributed by atoms with E-state index < -0.39 is 0 Å². The van der Waals surface area contributed by atoms with E-state index in [0.717, 1.165) is 24.3 Å². The highest BCUT2D eigenvalue weighted by Gasteiger charge is 2.50. The van der Waals surface area contributed by atoms with Crippen molar-refractivity contribution < 1.29 is 4.74 Å². The Morgan fingerprint density at radius 3 is 2.58 bits per heavy atom. The SMILES string of the molecule is CCC(C)OCC1(CBr)CC1C. The lowest BCUT2D eigenvalue weighted by Gasteiger charge is -2.17. The van der Waals surface area contributed by atoms with Crippen molar-refractivity contribution in [2.45, 2.75) is 39.7 Å². The Hall–Kier alpha value is 0.440. The summed E-state index contributed by atoms with van der Waals surface area (Å²) in [5, 5.41) is 1.09. The number of ether oxygens (including phenoxy) is 1. The second kappa shape index (κ2) is 4.10. The maximum absolute atomic E-state index is 5.75. The number of rotatable bonds is 5. The molecule has 1 saturated carbocycles. The fraction of sp³-hybridized carbons (Fsp3) is 1.00. The Balaban J connectivity index is 2.22. The highest BCUT2D eigenvalue weighted by Crippen LogP contribution is 2.53. The van der Waals surface area contributed by atoms with E-state index in [1.165, 1.54) is 6.42 Å². The first-order valence-corrected chi connectivity index (χ1v) is 5.94. The van der Waals surface area contributed by atoms with Crippen molar-refractivity contribution >= 4 is 15.9 Å². The van der Waals surface area contributed by atoms with Gasteiger partial charge in [0.2, 0.25) is 0 Å². The average Bonchev–Trinajstić information content (AvgIpc) is 2.74. The van der Waals surface area contributed by atoms with Crippen molar-refractivity contribution in [3.05, 3.63) is 0 Å². The van der Waals surface area contributed by atoms with Crippen LogP contribution < -0.4 is 0 Å². The van der Waals surface area contributed by atoms with Crippen molar-refractivity contribution in [2.75, 3.05) is 11.9 Å². The van der Waals surface area contributed by atoms with Gasteiger partial charge in [0.25, 0.3) is 0 Å². The minimum absolute atomic E-state index is 0.425. The molecule has 0 N–H and O–H groups in total. The predicted molar refractivity (Wildman–Crippen MR) is 55.7 cm³/mol. The minimum atomic E-state index is 0.425. The van der Waals surface area contributed by atoms with Gasteiger partial charge >= 0.3 is 0 Å². The summed E-state index contributed by atoms with van der Waals surface area (Å²) in [4.78, 5) is 0. The maximum Gasteiger partial charge on any atom is 0.0544 e. The molecule has 3 unspecified atom stereocenters. The lowest BCUT2D eigenvalue weighted by molar-refractivity contribution is 0.0334. The second-order valence-electron chi connectivity index (χ2n) is 4.13. The van der Waals surface area contributed by atoms with Gasteiger partial charge in [0.1, 0.15) is 0 Å². The van der Waals surface area contributed by atoms with E-state index in [0.29, 0.717) is 11.5 Å². The molecule has 1 aliphatic rings. The van der Waals surface area contributed by atoms with Gasteiger partial charge in [0.05, 0.1) is 12.7 Å². The summed E-state index contributed by atoms with van der Waals surface area (Å²) in [5.41, 5.74) is 0.476. The maximum atomic E-state index is 5.75. The molecule has 1 fully saturated rings. The highest BCUT2D eigenvalue weighted by atomic mass is 79.9. The summed E-state index contributed by atoms with van der Waals surface area (Å²) in [7, 11) is 0. The zero-order valence-corrected chi connectivity index (χ0v) is 9.86. The van der Waals surface area contributed by atoms with Crippen LogP contribution in [0.1, 0.15) is 33.6 Å². The van der Waals surface area contributed by atoms with Gasteiger partial charge < -0.3 is 4.74 Å². The predicted octanol–water partition coefficient (Wildman–Crippen LogP) is 3.22. The van der Waals surface area contributed by atoms with Gasteiger partial charge in [-0.15, -0.1) is 0 Å². The third kappa shape index (κ3) is 2.23. The van der Waals surface area contributed by atoms with E-state index in [4.69, 9.17) is 4.74 Å². The monoisotopic (exact) mass is 234 g/mol. The summed E-state index contributed by atoms with van der Waals surface area (Å²) in [5.74, 6) is 0.848. The van der Waals surface area contributed by atoms with Gasteiger partial charge in [-0.3, -0.25) is 0 Å². The molecule has 0 amide bonds. The molecule has 0 heterocycles. The van der Waals surface area contributed by atoms with Gasteiger partial charge in [-0.2, -0.15) is 0 Å². The molecule has 1 rings (SSSR count). The van der Waals surface area contributed by atoms with E-state index in [1.54, 1.807) is 0 Å². The van der Waals surface area contributed by atoms with Crippen LogP contribution in [-0.2, 0) is 4.74 Å². The van der Waals surface area contributed by atoms with Crippen LogP contribution in [0.5, 0.6) is 0 Å². The van der Waals surface area contributed by atoms with E-state index in [-0.39, 0.29) is 0 Å². The summed E-state index contributed by atoms with van der Waals surface area (Å²) in [6.45, 7) is 7.56. The van der Waals surface area contributed by atoms with Crippen LogP contribution in [0.25, 0.3) is 0 Å². The van der Waals surface area contributed by atoms with Crippen molar-refractivity contribution in [3.63, 3.8) is 0 Å². The molecule has 2 heteroatoms. The fourth-order valence-corrected chi connectivity index (χ4v) is 2.35. The van der Waals surface area contributed by atoms with Gasteiger partial charge in [0, 0.05) is 10.7 Å². The second-order valence-corrected chi connectivity index (χ2v) is 4.69. The molecular formula is C10H19BrO. The standard InChI is InChI=1S/C10H19BrO/c1-4-9(3)12-7-10(6-11)5-8(10)2/h8-9H,4-7H2,1-3H3. The number of hydrogen-bond acceptors (Lipinski definition) is 1. The molecule has 0 saturated heterocycles. The van der Waals surface area contributed by atoms with Crippen LogP contribution in [0.15, 0.2) is 0 Å². The van der Waals surface area contributed by atoms with Gasteiger partial charge in [-0.1, -0.05) is 29.8 Å². The quantitative estimate of drug-likeness (QED) is 0.665. The first kappa shape index (κ1) is 10.5. The van der Waals surface area contributed by atoms with Crippen LogP contribution in [0, 0.1) is 11.3 Å². The van der Waals surface area contributed by atoms with E-state index >= 15 is 0 Å². The van der Waals surface area contributed by atoms with Crippen LogP contribution in [0.3, 0.4) is 0 Å². The number of hydrogen-bond donors (Lipinski definition) is 0. The molecular weight excluding hydrogens is 216 g/mol. The molecule has 1 nitrogen and oxygen atoms in total. The van der Waals surface area contributed by atoms with Crippen molar-refractivity contribution in [1.82, 2.24) is 0 Å². The fourth-order valence-electron chi connectivity index (χ4n) is 1.40. The Morgan fingerprint density at radius 1 is 1.67 bits per heavy atom. The number of alkyl halides is 1. The Labute approximate surface area is 84.0 Å². The number of halogens is 1. The molecule has 12 heavy (non-hydrogen) atoms. The molecule has 0 bridgehead atoms. The van der Waals surface area contributed by atoms with Crippen molar-refractivity contribution in [1.29, 1.82) is 0 Å². The van der Waals surface area contributed by atoms with E-state index in [2.05, 4.69) is 36.7 Å². The average molecular weight is 235 g/mol. The first-order chi connectivity index (χ1) is 5.64. The molecule has 1 aliphatic carbocycles. The Morgan fingerprint density at radius 2 is 2.25 bits per heavy atom. The lowest BCUT2D eigenvalue weighted by atomic mass is 10.1. The Kier molecular flexibility index (Phi) is 3.59. The smallest absolute Gasteiger partial charge is 0.0544 e. The molecule has 0 radical (unpaired) electrons. The summed E-state index contributed by atoms with van der Waals surface area (Å²) in [6.07, 6.45) is 2.87. The van der Waals surface area contributed by atoms with E-state index in [9.17, 15) is 0 Å². The third-order valence-electron chi connectivity index (χ3n) is 3.09. The lowest BCUT2D eigenvalue weighted by Crippen LogP contribution is -2.18. The molecule has 72 valence electrons. The zero-order valence-electron chi connectivity index (χ0n) is 8.27. The van der Waals surface area contributed by atoms with Crippen LogP contribution in [-0.4, -0.2) is 18.0 Å². The summed E-state index contributed by atoms with van der Waals surface area (Å²) in [6, 6.07) is 0. The van der Waals surface area contributed by atoms with E-state index in [1.807, 2.05) is 0 Å².